The first-order valence-electron chi connectivity index (χ1n) is 4.89. The third kappa shape index (κ3) is 1.42. The van der Waals surface area contributed by atoms with E-state index in [1.807, 2.05) is 0 Å². The molecule has 1 aromatic heterocycles. The molecule has 82 valence electrons. The van der Waals surface area contributed by atoms with Crippen LogP contribution in [0.2, 0.25) is 0 Å². The van der Waals surface area contributed by atoms with Crippen LogP contribution in [-0.4, -0.2) is 16.8 Å². The summed E-state index contributed by atoms with van der Waals surface area (Å²) >= 11 is 0. The number of aromatic nitrogens is 2. The Morgan fingerprint density at radius 3 is 2.93 bits per heavy atom. The van der Waals surface area contributed by atoms with E-state index in [2.05, 4.69) is 17.0 Å². The van der Waals surface area contributed by atoms with Crippen molar-refractivity contribution in [2.75, 3.05) is 12.4 Å². The maximum absolute atomic E-state index is 13.7. The zero-order chi connectivity index (χ0) is 11.1. The first-order chi connectivity index (χ1) is 7.10. The monoisotopic (exact) mass is 213 g/mol. The van der Waals surface area contributed by atoms with Gasteiger partial charge in [-0.15, -0.1) is 0 Å². The lowest BCUT2D eigenvalue weighted by atomic mass is 10.0. The van der Waals surface area contributed by atoms with E-state index >= 15 is 0 Å². The molecule has 15 heavy (non-hydrogen) atoms. The van der Waals surface area contributed by atoms with Crippen molar-refractivity contribution in [1.29, 1.82) is 0 Å². The summed E-state index contributed by atoms with van der Waals surface area (Å²) in [7, 11) is 1.67. The van der Waals surface area contributed by atoms with E-state index in [-0.39, 0.29) is 12.1 Å². The Morgan fingerprint density at radius 1 is 1.60 bits per heavy atom. The quantitative estimate of drug-likeness (QED) is 0.817. The summed E-state index contributed by atoms with van der Waals surface area (Å²) in [6.07, 6.45) is 1.79. The molecule has 0 bridgehead atoms. The zero-order valence-electron chi connectivity index (χ0n) is 8.56. The summed E-state index contributed by atoms with van der Waals surface area (Å²) in [6.45, 7) is 4.11. The van der Waals surface area contributed by atoms with Crippen molar-refractivity contribution in [3.8, 4) is 0 Å². The maximum Gasteiger partial charge on any atom is 0.290 e. The number of hydrogen-bond acceptors (Lipinski definition) is 2. The van der Waals surface area contributed by atoms with Crippen LogP contribution in [0, 0.1) is 0 Å². The van der Waals surface area contributed by atoms with E-state index < -0.39 is 5.92 Å². The van der Waals surface area contributed by atoms with Crippen LogP contribution < -0.4 is 5.32 Å². The van der Waals surface area contributed by atoms with Gasteiger partial charge in [-0.25, -0.2) is 0 Å². The van der Waals surface area contributed by atoms with Crippen LogP contribution in [0.15, 0.2) is 6.58 Å². The summed E-state index contributed by atoms with van der Waals surface area (Å²) in [6, 6.07) is 0. The van der Waals surface area contributed by atoms with Crippen LogP contribution in [0.4, 0.5) is 14.6 Å². The topological polar surface area (TPSA) is 29.9 Å². The van der Waals surface area contributed by atoms with Gasteiger partial charge in [-0.2, -0.15) is 13.9 Å². The van der Waals surface area contributed by atoms with E-state index in [1.165, 1.54) is 10.8 Å². The third-order valence-corrected chi connectivity index (χ3v) is 2.64. The van der Waals surface area contributed by atoms with Crippen molar-refractivity contribution in [2.24, 2.45) is 0 Å². The van der Waals surface area contributed by atoms with E-state index in [1.54, 1.807) is 7.05 Å². The fourth-order valence-corrected chi connectivity index (χ4v) is 1.97. The highest BCUT2D eigenvalue weighted by Gasteiger charge is 2.41. The maximum atomic E-state index is 13.7. The molecule has 1 aromatic rings. The van der Waals surface area contributed by atoms with Gasteiger partial charge in [-0.1, -0.05) is 12.7 Å². The van der Waals surface area contributed by atoms with Crippen LogP contribution in [0.3, 0.4) is 0 Å². The van der Waals surface area contributed by atoms with Crippen LogP contribution in [0.25, 0.3) is 6.08 Å². The molecule has 0 fully saturated rings. The minimum absolute atomic E-state index is 0.00639. The molecule has 5 heteroatoms. The molecular weight excluding hydrogens is 200 g/mol. The summed E-state index contributed by atoms with van der Waals surface area (Å²) in [4.78, 5) is 0. The first kappa shape index (κ1) is 10.1. The summed E-state index contributed by atoms with van der Waals surface area (Å²) < 4.78 is 28.7. The lowest BCUT2D eigenvalue weighted by Gasteiger charge is -2.23. The van der Waals surface area contributed by atoms with Crippen molar-refractivity contribution in [2.45, 2.75) is 25.3 Å². The van der Waals surface area contributed by atoms with Gasteiger partial charge in [0, 0.05) is 25.6 Å². The van der Waals surface area contributed by atoms with Crippen molar-refractivity contribution in [1.82, 2.24) is 9.78 Å². The van der Waals surface area contributed by atoms with Gasteiger partial charge in [-0.3, -0.25) is 4.68 Å². The van der Waals surface area contributed by atoms with Gasteiger partial charge in [0.25, 0.3) is 5.92 Å². The average molecular weight is 213 g/mol. The fourth-order valence-electron chi connectivity index (χ4n) is 1.97. The highest BCUT2D eigenvalue weighted by atomic mass is 19.3. The highest BCUT2D eigenvalue weighted by Crippen LogP contribution is 2.41. The zero-order valence-corrected chi connectivity index (χ0v) is 8.56. The molecule has 2 rings (SSSR count). The Balaban J connectivity index is 2.63. The minimum Gasteiger partial charge on any atom is -0.371 e. The predicted octanol–water partition coefficient (Wildman–Crippen LogP) is 2.45. The van der Waals surface area contributed by atoms with E-state index in [0.29, 0.717) is 24.3 Å². The molecule has 1 aliphatic heterocycles. The van der Waals surface area contributed by atoms with Gasteiger partial charge in [0.2, 0.25) is 0 Å². The Kier molecular flexibility index (Phi) is 2.25. The van der Waals surface area contributed by atoms with Gasteiger partial charge < -0.3 is 5.32 Å². The molecule has 3 nitrogen and oxygen atoms in total. The number of fused-ring (bicyclic) bond motifs is 1. The Bertz CT molecular complexity index is 396. The average Bonchev–Trinajstić information content (AvgIpc) is 2.56. The standard InChI is InChI=1S/C10H13F2N3/c1-3-7-8-10(11,12)5-4-6-15(8)14-9(7)13-2/h3H,1,4-6H2,2H3,(H,13,14). The Hall–Kier alpha value is -1.39. The summed E-state index contributed by atoms with van der Waals surface area (Å²) in [5, 5.41) is 6.89. The molecule has 2 heterocycles. The highest BCUT2D eigenvalue weighted by molar-refractivity contribution is 5.65. The molecule has 0 amide bonds. The molecule has 0 unspecified atom stereocenters. The summed E-state index contributed by atoms with van der Waals surface area (Å²) in [5.41, 5.74) is 0.412. The van der Waals surface area contributed by atoms with Crippen LogP contribution >= 0.6 is 0 Å². The molecule has 0 aromatic carbocycles. The molecular formula is C10H13F2N3. The number of rotatable bonds is 2. The van der Waals surface area contributed by atoms with Crippen LogP contribution in [0.1, 0.15) is 24.1 Å². The molecule has 0 aliphatic carbocycles. The molecule has 1 N–H and O–H groups in total. The molecule has 0 saturated carbocycles. The largest absolute Gasteiger partial charge is 0.371 e. The SMILES string of the molecule is C=Cc1c(NC)nn2c1C(F)(F)CCC2. The lowest BCUT2D eigenvalue weighted by Crippen LogP contribution is -2.26. The van der Waals surface area contributed by atoms with Crippen molar-refractivity contribution < 1.29 is 8.78 Å². The van der Waals surface area contributed by atoms with E-state index in [4.69, 9.17) is 0 Å². The summed E-state index contributed by atoms with van der Waals surface area (Å²) in [5.74, 6) is -2.31. The van der Waals surface area contributed by atoms with Crippen molar-refractivity contribution in [3.63, 3.8) is 0 Å². The molecule has 0 spiro atoms. The number of hydrogen-bond donors (Lipinski definition) is 1. The van der Waals surface area contributed by atoms with Crippen molar-refractivity contribution in [3.05, 3.63) is 17.8 Å². The Labute approximate surface area is 86.8 Å². The van der Waals surface area contributed by atoms with Crippen molar-refractivity contribution >= 4 is 11.9 Å². The smallest absolute Gasteiger partial charge is 0.290 e. The Morgan fingerprint density at radius 2 is 2.33 bits per heavy atom. The number of aryl methyl sites for hydroxylation is 1. The van der Waals surface area contributed by atoms with Gasteiger partial charge in [-0.05, 0) is 6.42 Å². The van der Waals surface area contributed by atoms with Crippen LogP contribution in [0.5, 0.6) is 0 Å². The first-order valence-corrected chi connectivity index (χ1v) is 4.89. The minimum atomic E-state index is -2.79. The van der Waals surface area contributed by atoms with Gasteiger partial charge in [0.15, 0.2) is 5.82 Å². The van der Waals surface area contributed by atoms with Gasteiger partial charge in [0.05, 0.1) is 0 Å². The second kappa shape index (κ2) is 3.32. The predicted molar refractivity (Wildman–Crippen MR) is 55.0 cm³/mol. The number of anilines is 1. The molecule has 0 radical (unpaired) electrons. The third-order valence-electron chi connectivity index (χ3n) is 2.64. The van der Waals surface area contributed by atoms with Gasteiger partial charge >= 0.3 is 0 Å². The molecule has 0 saturated heterocycles. The number of nitrogens with one attached hydrogen (secondary N) is 1. The fraction of sp³-hybridized carbons (Fsp3) is 0.500. The lowest BCUT2D eigenvalue weighted by molar-refractivity contribution is -0.0366. The van der Waals surface area contributed by atoms with E-state index in [9.17, 15) is 8.78 Å². The second-order valence-corrected chi connectivity index (χ2v) is 3.60. The van der Waals surface area contributed by atoms with E-state index in [0.717, 1.165) is 0 Å². The molecule has 1 aliphatic rings. The second-order valence-electron chi connectivity index (χ2n) is 3.60. The number of alkyl halides is 2. The normalized spacial score (nSPS) is 18.3. The molecule has 0 atom stereocenters. The van der Waals surface area contributed by atoms with Gasteiger partial charge in [0.1, 0.15) is 5.69 Å². The van der Waals surface area contributed by atoms with Crippen LogP contribution in [-0.2, 0) is 12.5 Å². The number of halogens is 2. The number of nitrogens with zero attached hydrogens (tertiary/aromatic N) is 2.